The Labute approximate surface area is 136 Å². The Morgan fingerprint density at radius 3 is 2.76 bits per heavy atom. The van der Waals surface area contributed by atoms with Crippen molar-refractivity contribution in [1.29, 1.82) is 0 Å². The molecule has 0 bridgehead atoms. The van der Waals surface area contributed by atoms with E-state index < -0.39 is 11.7 Å². The van der Waals surface area contributed by atoms with Gasteiger partial charge in [0.15, 0.2) is 0 Å². The van der Waals surface area contributed by atoms with E-state index in [2.05, 4.69) is 31.4 Å². The molecule has 1 N–H and O–H groups in total. The molecule has 0 aliphatic heterocycles. The molecule has 0 saturated heterocycles. The number of aromatic nitrogens is 1. The fourth-order valence-electron chi connectivity index (χ4n) is 1.55. The first-order chi connectivity index (χ1) is 9.74. The second kappa shape index (κ2) is 6.10. The summed E-state index contributed by atoms with van der Waals surface area (Å²) in [6.45, 7) is 3.74. The fourth-order valence-corrected chi connectivity index (χ4v) is 3.76. The third-order valence-corrected chi connectivity index (χ3v) is 4.60. The van der Waals surface area contributed by atoms with Crippen molar-refractivity contribution >= 4 is 59.9 Å². The Balaban J connectivity index is 2.58. The van der Waals surface area contributed by atoms with E-state index in [1.807, 2.05) is 13.8 Å². The topological polar surface area (TPSA) is 37.3 Å². The predicted octanol–water partition coefficient (Wildman–Crippen LogP) is 5.93. The van der Waals surface area contributed by atoms with Crippen LogP contribution in [0.1, 0.15) is 25.8 Å². The molecule has 0 radical (unpaired) electrons. The molecule has 0 spiro atoms. The molecule has 0 fully saturated rings. The molecule has 2 rings (SSSR count). The molecule has 0 amide bonds. The first-order valence-electron chi connectivity index (χ1n) is 5.89. The maximum Gasteiger partial charge on any atom is 0.418 e. The van der Waals surface area contributed by atoms with Gasteiger partial charge in [-0.05, 0) is 19.4 Å². The Kier molecular flexibility index (Phi) is 4.79. The van der Waals surface area contributed by atoms with Crippen LogP contribution in [0.5, 0.6) is 0 Å². The van der Waals surface area contributed by atoms with Crippen molar-refractivity contribution in [2.24, 2.45) is 5.10 Å². The molecule has 114 valence electrons. The molecule has 0 unspecified atom stereocenters. The summed E-state index contributed by atoms with van der Waals surface area (Å²) in [5.74, 6) is 0. The van der Waals surface area contributed by atoms with Gasteiger partial charge in [-0.3, -0.25) is 5.43 Å². The number of thiazole rings is 1. The summed E-state index contributed by atoms with van der Waals surface area (Å²) >= 11 is 9.75. The number of anilines is 1. The number of halogens is 5. The van der Waals surface area contributed by atoms with E-state index in [0.717, 1.165) is 23.5 Å². The number of hydrazone groups is 1. The van der Waals surface area contributed by atoms with Crippen molar-refractivity contribution in [3.63, 3.8) is 0 Å². The summed E-state index contributed by atoms with van der Waals surface area (Å²) in [5.41, 5.74) is 2.82. The second-order valence-electron chi connectivity index (χ2n) is 4.22. The van der Waals surface area contributed by atoms with Crippen molar-refractivity contribution in [2.75, 3.05) is 5.43 Å². The molecule has 0 aliphatic rings. The monoisotopic (exact) mass is 399 g/mol. The van der Waals surface area contributed by atoms with Gasteiger partial charge in [0.05, 0.1) is 15.3 Å². The minimum Gasteiger partial charge on any atom is -0.253 e. The lowest BCUT2D eigenvalue weighted by molar-refractivity contribution is -0.136. The van der Waals surface area contributed by atoms with Gasteiger partial charge in [0.25, 0.3) is 0 Å². The number of nitrogens with zero attached hydrogens (tertiary/aromatic N) is 2. The van der Waals surface area contributed by atoms with Crippen molar-refractivity contribution in [2.45, 2.75) is 26.4 Å². The van der Waals surface area contributed by atoms with Gasteiger partial charge in [0.1, 0.15) is 5.52 Å². The summed E-state index contributed by atoms with van der Waals surface area (Å²) in [7, 11) is 0. The normalized spacial score (nSPS) is 13.0. The van der Waals surface area contributed by atoms with Gasteiger partial charge in [-0.15, -0.1) is 0 Å². The average molecular weight is 401 g/mol. The number of hydrogen-bond donors (Lipinski definition) is 1. The minimum atomic E-state index is -4.49. The highest BCUT2D eigenvalue weighted by Gasteiger charge is 2.37. The highest BCUT2D eigenvalue weighted by molar-refractivity contribution is 9.10. The zero-order chi connectivity index (χ0) is 15.8. The van der Waals surface area contributed by atoms with Crippen LogP contribution in [0.4, 0.5) is 18.3 Å². The first kappa shape index (κ1) is 16.5. The van der Waals surface area contributed by atoms with E-state index in [4.69, 9.17) is 11.6 Å². The quantitative estimate of drug-likeness (QED) is 0.512. The van der Waals surface area contributed by atoms with Crippen LogP contribution in [-0.2, 0) is 6.18 Å². The molecule has 21 heavy (non-hydrogen) atoms. The smallest absolute Gasteiger partial charge is 0.253 e. The Morgan fingerprint density at radius 2 is 2.19 bits per heavy atom. The molecular formula is C12H10BrClF3N3S. The van der Waals surface area contributed by atoms with Crippen molar-refractivity contribution in [3.8, 4) is 0 Å². The van der Waals surface area contributed by atoms with Gasteiger partial charge in [-0.1, -0.05) is 45.8 Å². The lowest BCUT2D eigenvalue weighted by atomic mass is 10.2. The van der Waals surface area contributed by atoms with Crippen LogP contribution in [0.15, 0.2) is 15.6 Å². The summed E-state index contributed by atoms with van der Waals surface area (Å²) in [5, 5.41) is 4.46. The third-order valence-electron chi connectivity index (χ3n) is 2.71. The van der Waals surface area contributed by atoms with Crippen LogP contribution >= 0.6 is 38.9 Å². The molecule has 1 aromatic heterocycles. The molecule has 3 nitrogen and oxygen atoms in total. The van der Waals surface area contributed by atoms with Crippen LogP contribution < -0.4 is 5.43 Å². The number of alkyl halides is 3. The molecule has 1 aromatic carbocycles. The van der Waals surface area contributed by atoms with Gasteiger partial charge in [0.2, 0.25) is 5.13 Å². The molecule has 0 saturated carbocycles. The standard InChI is InChI=1S/C12H10BrClF3N3S/c1-3-5(2)19-20-11-18-9-7(14)4-6(13)8(10(9)21-11)12(15,16)17/h4H,3H2,1-2H3,(H,18,20)/b19-5-. The molecule has 9 heteroatoms. The van der Waals surface area contributed by atoms with Gasteiger partial charge in [-0.2, -0.15) is 18.3 Å². The fraction of sp³-hybridized carbons (Fsp3) is 0.333. The van der Waals surface area contributed by atoms with Crippen LogP contribution in [-0.4, -0.2) is 10.7 Å². The van der Waals surface area contributed by atoms with Gasteiger partial charge < -0.3 is 0 Å². The van der Waals surface area contributed by atoms with Crippen molar-refractivity contribution in [3.05, 3.63) is 21.1 Å². The van der Waals surface area contributed by atoms with Crippen molar-refractivity contribution < 1.29 is 13.2 Å². The second-order valence-corrected chi connectivity index (χ2v) is 6.48. The SMILES string of the molecule is CC/C(C)=N\Nc1nc2c(Cl)cc(Br)c(C(F)(F)F)c2s1. The number of fused-ring (bicyclic) bond motifs is 1. The number of hydrogen-bond acceptors (Lipinski definition) is 4. The Hall–Kier alpha value is -0.860. The Bertz CT molecular complexity index is 712. The third kappa shape index (κ3) is 3.49. The maximum absolute atomic E-state index is 13.1. The lowest BCUT2D eigenvalue weighted by Gasteiger charge is -2.10. The summed E-state index contributed by atoms with van der Waals surface area (Å²) in [6.07, 6.45) is -3.76. The van der Waals surface area contributed by atoms with E-state index in [1.54, 1.807) is 0 Å². The van der Waals surface area contributed by atoms with Gasteiger partial charge in [0, 0.05) is 10.2 Å². The minimum absolute atomic E-state index is 0.0197. The summed E-state index contributed by atoms with van der Waals surface area (Å²) in [4.78, 5) is 4.08. The van der Waals surface area contributed by atoms with Gasteiger partial charge >= 0.3 is 6.18 Å². The number of nitrogens with one attached hydrogen (secondary N) is 1. The van der Waals surface area contributed by atoms with E-state index in [1.165, 1.54) is 6.07 Å². The molecular weight excluding hydrogens is 391 g/mol. The molecule has 1 heterocycles. The van der Waals surface area contributed by atoms with Crippen LogP contribution in [0.25, 0.3) is 10.2 Å². The zero-order valence-corrected chi connectivity index (χ0v) is 14.1. The maximum atomic E-state index is 13.1. The van der Waals surface area contributed by atoms with Crippen LogP contribution in [0.3, 0.4) is 0 Å². The first-order valence-corrected chi connectivity index (χ1v) is 7.87. The van der Waals surface area contributed by atoms with E-state index in [-0.39, 0.29) is 24.8 Å². The largest absolute Gasteiger partial charge is 0.418 e. The van der Waals surface area contributed by atoms with Crippen LogP contribution in [0, 0.1) is 0 Å². The Morgan fingerprint density at radius 1 is 1.52 bits per heavy atom. The zero-order valence-electron chi connectivity index (χ0n) is 11.0. The van der Waals surface area contributed by atoms with E-state index >= 15 is 0 Å². The van der Waals surface area contributed by atoms with Crippen LogP contribution in [0.2, 0.25) is 5.02 Å². The average Bonchev–Trinajstić information content (AvgIpc) is 2.78. The van der Waals surface area contributed by atoms with Gasteiger partial charge in [-0.25, -0.2) is 4.98 Å². The summed E-state index contributed by atoms with van der Waals surface area (Å²) in [6, 6.07) is 1.21. The molecule has 0 atom stereocenters. The highest BCUT2D eigenvalue weighted by atomic mass is 79.9. The van der Waals surface area contributed by atoms with E-state index in [0.29, 0.717) is 0 Å². The van der Waals surface area contributed by atoms with Crippen molar-refractivity contribution in [1.82, 2.24) is 4.98 Å². The highest BCUT2D eigenvalue weighted by Crippen LogP contribution is 2.45. The predicted molar refractivity (Wildman–Crippen MR) is 84.4 cm³/mol. The number of benzene rings is 1. The summed E-state index contributed by atoms with van der Waals surface area (Å²) < 4.78 is 39.3. The van der Waals surface area contributed by atoms with E-state index in [9.17, 15) is 13.2 Å². The lowest BCUT2D eigenvalue weighted by Crippen LogP contribution is -2.06. The number of rotatable bonds is 3. The molecule has 2 aromatic rings. The molecule has 0 aliphatic carbocycles.